The van der Waals surface area contributed by atoms with Crippen molar-refractivity contribution in [1.82, 2.24) is 10.3 Å². The topological polar surface area (TPSA) is 54.0 Å². The van der Waals surface area contributed by atoms with Crippen LogP contribution in [0.3, 0.4) is 0 Å². The highest BCUT2D eigenvalue weighted by molar-refractivity contribution is 7.80. The van der Waals surface area contributed by atoms with Gasteiger partial charge in [-0.05, 0) is 42.4 Å². The molecular formula is C15H13Cl2N3OS. The molecule has 0 fully saturated rings. The number of nitrogens with zero attached hydrogens (tertiary/aromatic N) is 1. The number of anilines is 1. The van der Waals surface area contributed by atoms with Crippen LogP contribution in [0.4, 0.5) is 5.69 Å². The standard InChI is InChI=1S/C15H13Cl2N3OS/c16-12-4-2-1-3-10(12)5-8-14(21)20-15(22)19-11-6-7-13(17)18-9-11/h1-4,6-7,9H,5,8H2,(H2,19,20,21,22). The number of hydrogen-bond acceptors (Lipinski definition) is 3. The fourth-order valence-corrected chi connectivity index (χ4v) is 2.32. The zero-order chi connectivity index (χ0) is 15.9. The Hall–Kier alpha value is -1.69. The van der Waals surface area contributed by atoms with E-state index in [1.165, 1.54) is 6.20 Å². The minimum Gasteiger partial charge on any atom is -0.331 e. The summed E-state index contributed by atoms with van der Waals surface area (Å²) in [4.78, 5) is 15.8. The SMILES string of the molecule is O=C(CCc1ccccc1Cl)NC(=S)Nc1ccc(Cl)nc1. The van der Waals surface area contributed by atoms with Crippen molar-refractivity contribution in [2.24, 2.45) is 0 Å². The summed E-state index contributed by atoms with van der Waals surface area (Å²) < 4.78 is 0. The van der Waals surface area contributed by atoms with Crippen LogP contribution in [0.15, 0.2) is 42.6 Å². The van der Waals surface area contributed by atoms with Gasteiger partial charge in [0.1, 0.15) is 5.15 Å². The largest absolute Gasteiger partial charge is 0.331 e. The van der Waals surface area contributed by atoms with Gasteiger partial charge in [-0.3, -0.25) is 4.79 Å². The molecule has 2 rings (SSSR count). The third-order valence-electron chi connectivity index (χ3n) is 2.82. The molecule has 0 spiro atoms. The quantitative estimate of drug-likeness (QED) is 0.647. The highest BCUT2D eigenvalue weighted by Gasteiger charge is 2.07. The van der Waals surface area contributed by atoms with Crippen molar-refractivity contribution >= 4 is 52.1 Å². The van der Waals surface area contributed by atoms with Gasteiger partial charge in [0.15, 0.2) is 5.11 Å². The average molecular weight is 354 g/mol. The van der Waals surface area contributed by atoms with Crippen molar-refractivity contribution < 1.29 is 4.79 Å². The van der Waals surface area contributed by atoms with Crippen molar-refractivity contribution in [2.45, 2.75) is 12.8 Å². The second-order valence-corrected chi connectivity index (χ2v) is 5.67. The number of rotatable bonds is 4. The molecule has 7 heteroatoms. The van der Waals surface area contributed by atoms with Crippen molar-refractivity contribution in [2.75, 3.05) is 5.32 Å². The van der Waals surface area contributed by atoms with Gasteiger partial charge in [0, 0.05) is 11.4 Å². The summed E-state index contributed by atoms with van der Waals surface area (Å²) in [5, 5.41) is 6.73. The van der Waals surface area contributed by atoms with Gasteiger partial charge in [-0.25, -0.2) is 4.98 Å². The fourth-order valence-electron chi connectivity index (χ4n) is 1.75. The molecule has 0 aliphatic carbocycles. The van der Waals surface area contributed by atoms with E-state index < -0.39 is 0 Å². The van der Waals surface area contributed by atoms with Gasteiger partial charge in [0.25, 0.3) is 0 Å². The van der Waals surface area contributed by atoms with Crippen molar-refractivity contribution in [3.05, 3.63) is 58.3 Å². The van der Waals surface area contributed by atoms with Gasteiger partial charge in [0.2, 0.25) is 5.91 Å². The first-order valence-corrected chi connectivity index (χ1v) is 7.67. The minimum absolute atomic E-state index is 0.181. The van der Waals surface area contributed by atoms with E-state index in [0.29, 0.717) is 28.7 Å². The molecule has 4 nitrogen and oxygen atoms in total. The second-order valence-electron chi connectivity index (χ2n) is 4.46. The van der Waals surface area contributed by atoms with E-state index in [-0.39, 0.29) is 11.0 Å². The Kier molecular flexibility index (Phi) is 6.12. The number of nitrogens with one attached hydrogen (secondary N) is 2. The Morgan fingerprint density at radius 2 is 1.95 bits per heavy atom. The van der Waals surface area contributed by atoms with Crippen LogP contribution in [0.1, 0.15) is 12.0 Å². The first kappa shape index (κ1) is 16.7. The molecule has 2 N–H and O–H groups in total. The Morgan fingerprint density at radius 3 is 2.64 bits per heavy atom. The van der Waals surface area contributed by atoms with Crippen LogP contribution in [-0.2, 0) is 11.2 Å². The van der Waals surface area contributed by atoms with E-state index in [1.54, 1.807) is 18.2 Å². The number of aromatic nitrogens is 1. The minimum atomic E-state index is -0.181. The predicted molar refractivity (Wildman–Crippen MR) is 93.4 cm³/mol. The summed E-state index contributed by atoms with van der Waals surface area (Å²) >= 11 is 16.8. The number of halogens is 2. The predicted octanol–water partition coefficient (Wildman–Crippen LogP) is 3.83. The van der Waals surface area contributed by atoms with Gasteiger partial charge >= 0.3 is 0 Å². The molecule has 0 aliphatic rings. The molecule has 1 aromatic heterocycles. The van der Waals surface area contributed by atoms with Crippen LogP contribution in [0.25, 0.3) is 0 Å². The summed E-state index contributed by atoms with van der Waals surface area (Å²) in [6.45, 7) is 0. The maximum Gasteiger partial charge on any atom is 0.226 e. The zero-order valence-electron chi connectivity index (χ0n) is 11.5. The van der Waals surface area contributed by atoms with Gasteiger partial charge in [0.05, 0.1) is 11.9 Å². The van der Waals surface area contributed by atoms with Crippen LogP contribution in [0.2, 0.25) is 10.2 Å². The fraction of sp³-hybridized carbons (Fsp3) is 0.133. The Bertz CT molecular complexity index is 677. The number of thiocarbonyl (C=S) groups is 1. The zero-order valence-corrected chi connectivity index (χ0v) is 13.8. The smallest absolute Gasteiger partial charge is 0.226 e. The Labute approximate surface area is 143 Å². The molecule has 0 radical (unpaired) electrons. The average Bonchev–Trinajstić information content (AvgIpc) is 2.49. The van der Waals surface area contributed by atoms with E-state index in [9.17, 15) is 4.79 Å². The number of aryl methyl sites for hydroxylation is 1. The van der Waals surface area contributed by atoms with E-state index in [4.69, 9.17) is 35.4 Å². The molecule has 0 bridgehead atoms. The lowest BCUT2D eigenvalue weighted by atomic mass is 10.1. The van der Waals surface area contributed by atoms with E-state index in [2.05, 4.69) is 15.6 Å². The molecule has 0 unspecified atom stereocenters. The molecule has 0 saturated heterocycles. The van der Waals surface area contributed by atoms with Crippen LogP contribution >= 0.6 is 35.4 Å². The Morgan fingerprint density at radius 1 is 1.18 bits per heavy atom. The third-order valence-corrected chi connectivity index (χ3v) is 3.61. The molecule has 1 aromatic carbocycles. The lowest BCUT2D eigenvalue weighted by Crippen LogP contribution is -2.34. The van der Waals surface area contributed by atoms with Crippen molar-refractivity contribution in [1.29, 1.82) is 0 Å². The van der Waals surface area contributed by atoms with Crippen LogP contribution in [0, 0.1) is 0 Å². The molecule has 22 heavy (non-hydrogen) atoms. The highest BCUT2D eigenvalue weighted by atomic mass is 35.5. The van der Waals surface area contributed by atoms with Crippen molar-refractivity contribution in [3.8, 4) is 0 Å². The molecular weight excluding hydrogens is 341 g/mol. The van der Waals surface area contributed by atoms with Gasteiger partial charge in [-0.2, -0.15) is 0 Å². The Balaban J connectivity index is 1.80. The molecule has 1 heterocycles. The molecule has 0 aliphatic heterocycles. The normalized spacial score (nSPS) is 10.1. The first-order chi connectivity index (χ1) is 10.5. The summed E-state index contributed by atoms with van der Waals surface area (Å²) in [6.07, 6.45) is 2.38. The number of benzene rings is 1. The van der Waals surface area contributed by atoms with Gasteiger partial charge < -0.3 is 10.6 Å². The van der Waals surface area contributed by atoms with Crippen LogP contribution in [-0.4, -0.2) is 16.0 Å². The molecule has 2 aromatic rings. The summed E-state index contributed by atoms with van der Waals surface area (Å²) in [7, 11) is 0. The van der Waals surface area contributed by atoms with Gasteiger partial charge in [-0.1, -0.05) is 41.4 Å². The number of pyridine rings is 1. The molecule has 0 saturated carbocycles. The highest BCUT2D eigenvalue weighted by Crippen LogP contribution is 2.16. The summed E-state index contributed by atoms with van der Waals surface area (Å²) in [5.41, 5.74) is 1.58. The second kappa shape index (κ2) is 8.08. The molecule has 1 amide bonds. The molecule has 114 valence electrons. The lowest BCUT2D eigenvalue weighted by Gasteiger charge is -2.09. The third kappa shape index (κ3) is 5.26. The van der Waals surface area contributed by atoms with Crippen LogP contribution < -0.4 is 10.6 Å². The first-order valence-electron chi connectivity index (χ1n) is 6.50. The van der Waals surface area contributed by atoms with E-state index >= 15 is 0 Å². The maximum atomic E-state index is 11.9. The number of carbonyl (C=O) groups excluding carboxylic acids is 1. The summed E-state index contributed by atoms with van der Waals surface area (Å²) in [5.74, 6) is -0.181. The summed E-state index contributed by atoms with van der Waals surface area (Å²) in [6, 6.07) is 10.8. The number of hydrogen-bond donors (Lipinski definition) is 2. The lowest BCUT2D eigenvalue weighted by molar-refractivity contribution is -0.119. The molecule has 0 atom stereocenters. The number of carbonyl (C=O) groups is 1. The van der Waals surface area contributed by atoms with E-state index in [1.807, 2.05) is 18.2 Å². The van der Waals surface area contributed by atoms with Crippen LogP contribution in [0.5, 0.6) is 0 Å². The monoisotopic (exact) mass is 353 g/mol. The number of amides is 1. The van der Waals surface area contributed by atoms with Crippen molar-refractivity contribution in [3.63, 3.8) is 0 Å². The maximum absolute atomic E-state index is 11.9. The van der Waals surface area contributed by atoms with E-state index in [0.717, 1.165) is 5.56 Å². The van der Waals surface area contributed by atoms with Gasteiger partial charge in [-0.15, -0.1) is 0 Å².